The van der Waals surface area contributed by atoms with Crippen molar-refractivity contribution in [1.82, 2.24) is 10.2 Å². The first kappa shape index (κ1) is 18.3. The summed E-state index contributed by atoms with van der Waals surface area (Å²) in [5.74, 6) is 1.73. The molecule has 2 aliphatic heterocycles. The molecule has 2 atom stereocenters. The van der Waals surface area contributed by atoms with E-state index in [1.807, 2.05) is 0 Å². The van der Waals surface area contributed by atoms with Crippen LogP contribution < -0.4 is 5.32 Å². The monoisotopic (exact) mass is 336 g/mol. The summed E-state index contributed by atoms with van der Waals surface area (Å²) in [7, 11) is 0. The van der Waals surface area contributed by atoms with Gasteiger partial charge in [0.05, 0.1) is 0 Å². The SMILES string of the molecule is Cl.O=C(CCC1CCNC1)N1CCCC(Cc2ccccc2)C1. The van der Waals surface area contributed by atoms with Gasteiger partial charge in [0, 0.05) is 19.5 Å². The molecule has 128 valence electrons. The third kappa shape index (κ3) is 5.50. The zero-order valence-corrected chi connectivity index (χ0v) is 14.7. The van der Waals surface area contributed by atoms with Crippen LogP contribution in [0.4, 0.5) is 0 Å². The Balaban J connectivity index is 0.00000192. The summed E-state index contributed by atoms with van der Waals surface area (Å²) in [6.07, 6.45) is 6.57. The van der Waals surface area contributed by atoms with Crippen LogP contribution in [0.2, 0.25) is 0 Å². The van der Waals surface area contributed by atoms with Gasteiger partial charge in [-0.1, -0.05) is 30.3 Å². The Morgan fingerprint density at radius 2 is 2.00 bits per heavy atom. The Morgan fingerprint density at radius 3 is 2.74 bits per heavy atom. The van der Waals surface area contributed by atoms with Crippen LogP contribution in [0, 0.1) is 11.8 Å². The second kappa shape index (κ2) is 9.29. The molecule has 0 radical (unpaired) electrons. The fourth-order valence-electron chi connectivity index (χ4n) is 3.85. The molecule has 0 aliphatic carbocycles. The van der Waals surface area contributed by atoms with Crippen molar-refractivity contribution in [2.24, 2.45) is 11.8 Å². The average molecular weight is 337 g/mol. The number of halogens is 1. The summed E-state index contributed by atoms with van der Waals surface area (Å²) in [4.78, 5) is 14.6. The molecule has 1 N–H and O–H groups in total. The van der Waals surface area contributed by atoms with Crippen molar-refractivity contribution in [2.75, 3.05) is 26.2 Å². The Hall–Kier alpha value is -1.06. The first-order chi connectivity index (χ1) is 10.8. The third-order valence-corrected chi connectivity index (χ3v) is 5.17. The number of carbonyl (C=O) groups is 1. The van der Waals surface area contributed by atoms with E-state index in [1.54, 1.807) is 0 Å². The number of piperidine rings is 1. The van der Waals surface area contributed by atoms with Crippen molar-refractivity contribution >= 4 is 18.3 Å². The zero-order chi connectivity index (χ0) is 15.2. The maximum absolute atomic E-state index is 12.5. The van der Waals surface area contributed by atoms with Crippen LogP contribution in [-0.2, 0) is 11.2 Å². The summed E-state index contributed by atoms with van der Waals surface area (Å²) in [5.41, 5.74) is 1.40. The number of hydrogen-bond acceptors (Lipinski definition) is 2. The Morgan fingerprint density at radius 1 is 1.17 bits per heavy atom. The number of amides is 1. The molecule has 0 spiro atoms. The number of rotatable bonds is 5. The number of nitrogens with zero attached hydrogens (tertiary/aromatic N) is 1. The van der Waals surface area contributed by atoms with Gasteiger partial charge in [-0.3, -0.25) is 4.79 Å². The van der Waals surface area contributed by atoms with Crippen LogP contribution in [0.1, 0.15) is 37.7 Å². The maximum atomic E-state index is 12.5. The zero-order valence-electron chi connectivity index (χ0n) is 13.9. The molecule has 4 heteroatoms. The van der Waals surface area contributed by atoms with Crippen LogP contribution in [0.15, 0.2) is 30.3 Å². The van der Waals surface area contributed by atoms with Gasteiger partial charge in [-0.15, -0.1) is 12.4 Å². The summed E-state index contributed by atoms with van der Waals surface area (Å²) in [5, 5.41) is 3.39. The lowest BCUT2D eigenvalue weighted by molar-refractivity contribution is -0.133. The first-order valence-electron chi connectivity index (χ1n) is 8.83. The minimum absolute atomic E-state index is 0. The molecule has 1 aromatic rings. The van der Waals surface area contributed by atoms with Crippen LogP contribution >= 0.6 is 12.4 Å². The minimum atomic E-state index is 0. The summed E-state index contributed by atoms with van der Waals surface area (Å²) in [6, 6.07) is 10.7. The van der Waals surface area contributed by atoms with Gasteiger partial charge in [0.1, 0.15) is 0 Å². The quantitative estimate of drug-likeness (QED) is 0.895. The van der Waals surface area contributed by atoms with E-state index in [2.05, 4.69) is 40.5 Å². The summed E-state index contributed by atoms with van der Waals surface area (Å²) in [6.45, 7) is 4.15. The summed E-state index contributed by atoms with van der Waals surface area (Å²) >= 11 is 0. The van der Waals surface area contributed by atoms with Crippen LogP contribution in [-0.4, -0.2) is 37.0 Å². The number of likely N-dealkylation sites (tertiary alicyclic amines) is 1. The molecule has 2 unspecified atom stereocenters. The van der Waals surface area contributed by atoms with E-state index in [0.717, 1.165) is 51.9 Å². The van der Waals surface area contributed by atoms with E-state index in [1.165, 1.54) is 18.4 Å². The van der Waals surface area contributed by atoms with E-state index < -0.39 is 0 Å². The molecule has 3 rings (SSSR count). The molecule has 2 aliphatic rings. The molecule has 0 bridgehead atoms. The van der Waals surface area contributed by atoms with Crippen LogP contribution in [0.3, 0.4) is 0 Å². The Labute approximate surface area is 146 Å². The largest absolute Gasteiger partial charge is 0.342 e. The smallest absolute Gasteiger partial charge is 0.222 e. The van der Waals surface area contributed by atoms with Gasteiger partial charge in [-0.05, 0) is 62.6 Å². The number of nitrogens with one attached hydrogen (secondary N) is 1. The Bertz CT molecular complexity index is 474. The lowest BCUT2D eigenvalue weighted by Crippen LogP contribution is -2.40. The molecule has 1 amide bonds. The van der Waals surface area contributed by atoms with E-state index in [4.69, 9.17) is 0 Å². The third-order valence-electron chi connectivity index (χ3n) is 5.17. The number of hydrogen-bond donors (Lipinski definition) is 1. The molecule has 2 saturated heterocycles. The van der Waals surface area contributed by atoms with Gasteiger partial charge >= 0.3 is 0 Å². The predicted octanol–water partition coefficient (Wildman–Crippen LogP) is 3.28. The van der Waals surface area contributed by atoms with Gasteiger partial charge in [0.2, 0.25) is 5.91 Å². The molecule has 2 heterocycles. The fourth-order valence-corrected chi connectivity index (χ4v) is 3.85. The summed E-state index contributed by atoms with van der Waals surface area (Å²) < 4.78 is 0. The van der Waals surface area contributed by atoms with Crippen molar-refractivity contribution in [1.29, 1.82) is 0 Å². The van der Waals surface area contributed by atoms with Gasteiger partial charge in [0.15, 0.2) is 0 Å². The normalized spacial score (nSPS) is 24.3. The topological polar surface area (TPSA) is 32.3 Å². The highest BCUT2D eigenvalue weighted by Gasteiger charge is 2.24. The van der Waals surface area contributed by atoms with Crippen LogP contribution in [0.25, 0.3) is 0 Å². The number of carbonyl (C=O) groups excluding carboxylic acids is 1. The highest BCUT2D eigenvalue weighted by Crippen LogP contribution is 2.22. The van der Waals surface area contributed by atoms with Crippen molar-refractivity contribution < 1.29 is 4.79 Å². The average Bonchev–Trinajstić information content (AvgIpc) is 3.07. The maximum Gasteiger partial charge on any atom is 0.222 e. The first-order valence-corrected chi connectivity index (χ1v) is 8.83. The lowest BCUT2D eigenvalue weighted by Gasteiger charge is -2.33. The van der Waals surface area contributed by atoms with E-state index >= 15 is 0 Å². The highest BCUT2D eigenvalue weighted by atomic mass is 35.5. The number of benzene rings is 1. The van der Waals surface area contributed by atoms with Crippen LogP contribution in [0.5, 0.6) is 0 Å². The van der Waals surface area contributed by atoms with Crippen molar-refractivity contribution in [3.8, 4) is 0 Å². The lowest BCUT2D eigenvalue weighted by atomic mass is 9.91. The standard InChI is InChI=1S/C19H28N2O.ClH/c22-19(9-8-17-10-11-20-14-17)21-12-4-7-18(15-21)13-16-5-2-1-3-6-16;/h1-3,5-6,17-18,20H,4,7-15H2;1H. The van der Waals surface area contributed by atoms with Gasteiger partial charge in [-0.2, -0.15) is 0 Å². The Kier molecular flexibility index (Phi) is 7.38. The molecule has 0 aromatic heterocycles. The van der Waals surface area contributed by atoms with E-state index in [0.29, 0.717) is 17.7 Å². The molecular formula is C19H29ClN2O. The molecule has 0 saturated carbocycles. The van der Waals surface area contributed by atoms with E-state index in [9.17, 15) is 4.79 Å². The molecule has 1 aromatic carbocycles. The van der Waals surface area contributed by atoms with Crippen molar-refractivity contribution in [2.45, 2.75) is 38.5 Å². The molecule has 3 nitrogen and oxygen atoms in total. The molecular weight excluding hydrogens is 308 g/mol. The second-order valence-corrected chi connectivity index (χ2v) is 6.94. The van der Waals surface area contributed by atoms with Crippen molar-refractivity contribution in [3.63, 3.8) is 0 Å². The van der Waals surface area contributed by atoms with Crippen molar-refractivity contribution in [3.05, 3.63) is 35.9 Å². The molecule has 23 heavy (non-hydrogen) atoms. The minimum Gasteiger partial charge on any atom is -0.342 e. The second-order valence-electron chi connectivity index (χ2n) is 6.94. The van der Waals surface area contributed by atoms with E-state index in [-0.39, 0.29) is 12.4 Å². The predicted molar refractivity (Wildman–Crippen MR) is 96.9 cm³/mol. The van der Waals surface area contributed by atoms with Gasteiger partial charge in [0.25, 0.3) is 0 Å². The fraction of sp³-hybridized carbons (Fsp3) is 0.632. The molecule has 2 fully saturated rings. The van der Waals surface area contributed by atoms with Gasteiger partial charge in [-0.25, -0.2) is 0 Å². The highest BCUT2D eigenvalue weighted by molar-refractivity contribution is 5.85. The van der Waals surface area contributed by atoms with Gasteiger partial charge < -0.3 is 10.2 Å².